The molecular formula is C17H16N2O4. The van der Waals surface area contributed by atoms with Gasteiger partial charge in [0.2, 0.25) is 11.6 Å². The summed E-state index contributed by atoms with van der Waals surface area (Å²) in [5.41, 5.74) is 7.62. The summed E-state index contributed by atoms with van der Waals surface area (Å²) in [5.74, 6) is -2.45. The Balaban J connectivity index is 2.72. The van der Waals surface area contributed by atoms with Gasteiger partial charge in [0.1, 0.15) is 11.6 Å². The van der Waals surface area contributed by atoms with E-state index in [2.05, 4.69) is 4.74 Å². The topological polar surface area (TPSA) is 102 Å². The second-order valence-electron chi connectivity index (χ2n) is 5.13. The van der Waals surface area contributed by atoms with Crippen molar-refractivity contribution in [2.75, 3.05) is 7.11 Å². The van der Waals surface area contributed by atoms with Gasteiger partial charge in [-0.3, -0.25) is 4.79 Å². The number of Topliss-reactive ketones (excluding diaryl/α,β-unsaturated/α-hetero) is 1. The summed E-state index contributed by atoms with van der Waals surface area (Å²) in [4.78, 5) is 24.1. The van der Waals surface area contributed by atoms with E-state index in [1.807, 2.05) is 25.1 Å². The number of rotatable bonds is 3. The van der Waals surface area contributed by atoms with E-state index in [0.29, 0.717) is 5.56 Å². The molecule has 0 aliphatic carbocycles. The smallest absolute Gasteiger partial charge is 0.374 e. The monoisotopic (exact) mass is 312 g/mol. The van der Waals surface area contributed by atoms with Crippen LogP contribution >= 0.6 is 0 Å². The molecule has 23 heavy (non-hydrogen) atoms. The minimum atomic E-state index is -0.813. The molecule has 1 aliphatic rings. The molecule has 0 bridgehead atoms. The Bertz CT molecular complexity index is 767. The number of nitriles is 1. The highest BCUT2D eigenvalue weighted by Crippen LogP contribution is 2.39. The number of nitrogens with zero attached hydrogens (tertiary/aromatic N) is 1. The van der Waals surface area contributed by atoms with E-state index in [9.17, 15) is 14.9 Å². The molecular weight excluding hydrogens is 296 g/mol. The molecule has 0 aromatic heterocycles. The number of hydrogen-bond donors (Lipinski definition) is 1. The average molecular weight is 312 g/mol. The van der Waals surface area contributed by atoms with E-state index in [1.54, 1.807) is 12.1 Å². The Morgan fingerprint density at radius 3 is 2.39 bits per heavy atom. The summed E-state index contributed by atoms with van der Waals surface area (Å²) in [5, 5.41) is 9.41. The van der Waals surface area contributed by atoms with Gasteiger partial charge in [0.25, 0.3) is 0 Å². The largest absolute Gasteiger partial charge is 0.463 e. The van der Waals surface area contributed by atoms with Crippen molar-refractivity contribution in [3.05, 3.63) is 58.2 Å². The maximum absolute atomic E-state index is 12.1. The zero-order valence-electron chi connectivity index (χ0n) is 13.0. The number of ether oxygens (including phenoxy) is 2. The number of hydrogen-bond acceptors (Lipinski definition) is 6. The van der Waals surface area contributed by atoms with Crippen LogP contribution in [0.25, 0.3) is 0 Å². The van der Waals surface area contributed by atoms with Crippen LogP contribution in [0.4, 0.5) is 0 Å². The highest BCUT2D eigenvalue weighted by Gasteiger charge is 2.38. The number of methoxy groups -OCH3 is 1. The Labute approximate surface area is 133 Å². The quantitative estimate of drug-likeness (QED) is 0.854. The normalized spacial score (nSPS) is 17.4. The van der Waals surface area contributed by atoms with Crippen LogP contribution < -0.4 is 5.73 Å². The first kappa shape index (κ1) is 16.3. The van der Waals surface area contributed by atoms with Crippen LogP contribution in [0.3, 0.4) is 0 Å². The Kier molecular flexibility index (Phi) is 4.51. The molecule has 0 radical (unpaired) electrons. The van der Waals surface area contributed by atoms with Crippen molar-refractivity contribution in [2.45, 2.75) is 19.8 Å². The summed E-state index contributed by atoms with van der Waals surface area (Å²) >= 11 is 0. The first-order valence-corrected chi connectivity index (χ1v) is 6.88. The van der Waals surface area contributed by atoms with Crippen molar-refractivity contribution in [1.82, 2.24) is 0 Å². The zero-order chi connectivity index (χ0) is 17.1. The molecule has 0 saturated carbocycles. The van der Waals surface area contributed by atoms with Crippen LogP contribution in [-0.2, 0) is 19.1 Å². The third-order valence-corrected chi connectivity index (χ3v) is 3.58. The minimum absolute atomic E-state index is 0.0615. The summed E-state index contributed by atoms with van der Waals surface area (Å²) in [7, 11) is 1.18. The van der Waals surface area contributed by atoms with Gasteiger partial charge in [0.05, 0.1) is 18.6 Å². The number of nitrogens with two attached hydrogens (primary N) is 1. The molecule has 1 atom stereocenters. The van der Waals surface area contributed by atoms with Gasteiger partial charge in [0, 0.05) is 0 Å². The van der Waals surface area contributed by atoms with Crippen LogP contribution in [0.5, 0.6) is 0 Å². The zero-order valence-corrected chi connectivity index (χ0v) is 13.0. The number of carbonyl (C=O) groups is 2. The lowest BCUT2D eigenvalue weighted by atomic mass is 9.81. The van der Waals surface area contributed by atoms with E-state index in [1.165, 1.54) is 14.0 Å². The van der Waals surface area contributed by atoms with Crippen molar-refractivity contribution in [1.29, 1.82) is 5.26 Å². The molecule has 0 unspecified atom stereocenters. The number of esters is 1. The van der Waals surface area contributed by atoms with Gasteiger partial charge in [0.15, 0.2) is 5.78 Å². The Hall–Kier alpha value is -3.07. The highest BCUT2D eigenvalue weighted by atomic mass is 16.6. The van der Waals surface area contributed by atoms with Gasteiger partial charge < -0.3 is 15.2 Å². The third kappa shape index (κ3) is 2.94. The average Bonchev–Trinajstić information content (AvgIpc) is 2.53. The molecule has 2 N–H and O–H groups in total. The lowest BCUT2D eigenvalue weighted by Gasteiger charge is -2.26. The predicted octanol–water partition coefficient (Wildman–Crippen LogP) is 1.82. The van der Waals surface area contributed by atoms with Crippen LogP contribution in [0.2, 0.25) is 0 Å². The number of aryl methyl sites for hydroxylation is 1. The maximum Gasteiger partial charge on any atom is 0.374 e. The minimum Gasteiger partial charge on any atom is -0.463 e. The molecule has 1 aromatic rings. The maximum atomic E-state index is 12.1. The number of carbonyl (C=O) groups excluding carboxylic acids is 2. The molecule has 2 rings (SSSR count). The van der Waals surface area contributed by atoms with Crippen molar-refractivity contribution in [3.63, 3.8) is 0 Å². The number of ketones is 1. The lowest BCUT2D eigenvalue weighted by molar-refractivity contribution is -0.140. The van der Waals surface area contributed by atoms with E-state index >= 15 is 0 Å². The van der Waals surface area contributed by atoms with E-state index in [-0.39, 0.29) is 22.8 Å². The van der Waals surface area contributed by atoms with Crippen molar-refractivity contribution < 1.29 is 19.1 Å². The summed E-state index contributed by atoms with van der Waals surface area (Å²) in [6, 6.07) is 9.25. The molecule has 0 saturated heterocycles. The molecule has 0 spiro atoms. The Morgan fingerprint density at radius 1 is 1.30 bits per heavy atom. The Morgan fingerprint density at radius 2 is 1.91 bits per heavy atom. The fourth-order valence-electron chi connectivity index (χ4n) is 2.46. The van der Waals surface area contributed by atoms with Crippen molar-refractivity contribution in [3.8, 4) is 6.07 Å². The predicted molar refractivity (Wildman–Crippen MR) is 81.6 cm³/mol. The second-order valence-corrected chi connectivity index (χ2v) is 5.13. The third-order valence-electron chi connectivity index (χ3n) is 3.58. The SMILES string of the molecule is COC(=O)C1=C(C(C)=O)[C@@H](c2ccc(C)cc2)C(C#N)=C(N)O1. The van der Waals surface area contributed by atoms with Crippen LogP contribution in [-0.4, -0.2) is 18.9 Å². The van der Waals surface area contributed by atoms with Gasteiger partial charge in [-0.1, -0.05) is 29.8 Å². The van der Waals surface area contributed by atoms with Crippen molar-refractivity contribution >= 4 is 11.8 Å². The molecule has 0 amide bonds. The molecule has 1 aliphatic heterocycles. The molecule has 1 heterocycles. The molecule has 0 fully saturated rings. The standard InChI is InChI=1S/C17H16N2O4/c1-9-4-6-11(7-5-9)14-12(8-18)16(19)23-15(17(21)22-3)13(14)10(2)20/h4-7,14H,19H2,1-3H3/t14-/m0/s1. The van der Waals surface area contributed by atoms with E-state index in [4.69, 9.17) is 10.5 Å². The summed E-state index contributed by atoms with van der Waals surface area (Å²) in [6.07, 6.45) is 0. The molecule has 6 nitrogen and oxygen atoms in total. The molecule has 1 aromatic carbocycles. The number of benzene rings is 1. The van der Waals surface area contributed by atoms with E-state index < -0.39 is 17.7 Å². The van der Waals surface area contributed by atoms with Crippen LogP contribution in [0.15, 0.2) is 47.1 Å². The summed E-state index contributed by atoms with van der Waals surface area (Å²) < 4.78 is 9.87. The van der Waals surface area contributed by atoms with Crippen LogP contribution in [0.1, 0.15) is 24.0 Å². The van der Waals surface area contributed by atoms with E-state index in [0.717, 1.165) is 5.56 Å². The first-order valence-electron chi connectivity index (χ1n) is 6.88. The second kappa shape index (κ2) is 6.36. The van der Waals surface area contributed by atoms with Gasteiger partial charge in [-0.15, -0.1) is 0 Å². The van der Waals surface area contributed by atoms with Crippen molar-refractivity contribution in [2.24, 2.45) is 5.73 Å². The van der Waals surface area contributed by atoms with Crippen LogP contribution in [0, 0.1) is 18.3 Å². The van der Waals surface area contributed by atoms with Gasteiger partial charge in [-0.25, -0.2) is 4.79 Å². The lowest BCUT2D eigenvalue weighted by Crippen LogP contribution is -2.27. The fourth-order valence-corrected chi connectivity index (χ4v) is 2.46. The highest BCUT2D eigenvalue weighted by molar-refractivity contribution is 6.04. The first-order chi connectivity index (χ1) is 10.9. The fraction of sp³-hybridized carbons (Fsp3) is 0.235. The van der Waals surface area contributed by atoms with Gasteiger partial charge >= 0.3 is 5.97 Å². The van der Waals surface area contributed by atoms with Gasteiger partial charge in [-0.05, 0) is 19.4 Å². The molecule has 6 heteroatoms. The van der Waals surface area contributed by atoms with Gasteiger partial charge in [-0.2, -0.15) is 5.26 Å². The number of allylic oxidation sites excluding steroid dienone is 2. The summed E-state index contributed by atoms with van der Waals surface area (Å²) in [6.45, 7) is 3.23. The molecule has 118 valence electrons.